The Morgan fingerprint density at radius 3 is 2.54 bits per heavy atom. The monoisotopic (exact) mass is 347 g/mol. The van der Waals surface area contributed by atoms with E-state index < -0.39 is 16.0 Å². The molecule has 3 rings (SSSR count). The van der Waals surface area contributed by atoms with Crippen LogP contribution in [-0.4, -0.2) is 37.5 Å². The number of methoxy groups -OCH3 is 1. The van der Waals surface area contributed by atoms with Crippen LogP contribution in [-0.2, 0) is 23.0 Å². The largest absolute Gasteiger partial charge is 0.496 e. The predicted molar refractivity (Wildman–Crippen MR) is 87.7 cm³/mol. The van der Waals surface area contributed by atoms with Crippen LogP contribution in [0.25, 0.3) is 0 Å². The zero-order chi connectivity index (χ0) is 17.3. The number of carbonyl (C=O) groups is 1. The molecule has 0 spiro atoms. The molecule has 0 amide bonds. The van der Waals surface area contributed by atoms with E-state index >= 15 is 0 Å². The van der Waals surface area contributed by atoms with Gasteiger partial charge in [0, 0.05) is 13.1 Å². The number of aromatic carboxylic acids is 1. The molecule has 0 unspecified atom stereocenters. The lowest BCUT2D eigenvalue weighted by molar-refractivity contribution is 0.0693. The van der Waals surface area contributed by atoms with Gasteiger partial charge in [0.05, 0.1) is 12.0 Å². The lowest BCUT2D eigenvalue weighted by Gasteiger charge is -2.28. The highest BCUT2D eigenvalue weighted by Crippen LogP contribution is 2.28. The highest BCUT2D eigenvalue weighted by molar-refractivity contribution is 7.89. The number of carboxylic acid groups (broad SMARTS) is 1. The van der Waals surface area contributed by atoms with E-state index in [-0.39, 0.29) is 22.8 Å². The van der Waals surface area contributed by atoms with Gasteiger partial charge in [0.1, 0.15) is 11.3 Å². The second-order valence-corrected chi connectivity index (χ2v) is 7.46. The van der Waals surface area contributed by atoms with Gasteiger partial charge in [0.2, 0.25) is 10.0 Å². The third kappa shape index (κ3) is 2.88. The highest BCUT2D eigenvalue weighted by Gasteiger charge is 2.29. The van der Waals surface area contributed by atoms with Crippen molar-refractivity contribution < 1.29 is 23.1 Å². The summed E-state index contributed by atoms with van der Waals surface area (Å²) in [7, 11) is -2.43. The quantitative estimate of drug-likeness (QED) is 0.916. The number of benzene rings is 2. The number of hydrogen-bond donors (Lipinski definition) is 1. The van der Waals surface area contributed by atoms with E-state index in [1.807, 2.05) is 24.3 Å². The van der Waals surface area contributed by atoms with Crippen molar-refractivity contribution in [1.82, 2.24) is 4.31 Å². The van der Waals surface area contributed by atoms with Crippen LogP contribution in [0.4, 0.5) is 0 Å². The van der Waals surface area contributed by atoms with Crippen LogP contribution in [0.2, 0.25) is 0 Å². The van der Waals surface area contributed by atoms with Crippen molar-refractivity contribution in [3.05, 3.63) is 59.2 Å². The first-order valence-electron chi connectivity index (χ1n) is 7.42. The Kier molecular flexibility index (Phi) is 4.29. The van der Waals surface area contributed by atoms with Crippen LogP contribution < -0.4 is 4.74 Å². The first-order valence-corrected chi connectivity index (χ1v) is 8.86. The number of ether oxygens (including phenoxy) is 1. The van der Waals surface area contributed by atoms with Crippen LogP contribution in [0, 0.1) is 0 Å². The number of sulfonamides is 1. The molecule has 1 heterocycles. The Morgan fingerprint density at radius 2 is 1.88 bits per heavy atom. The first kappa shape index (κ1) is 16.5. The summed E-state index contributed by atoms with van der Waals surface area (Å²) in [5, 5.41) is 9.24. The zero-order valence-electron chi connectivity index (χ0n) is 13.1. The van der Waals surface area contributed by atoms with Crippen LogP contribution in [0.1, 0.15) is 21.5 Å². The molecule has 24 heavy (non-hydrogen) atoms. The molecular formula is C17H17NO5S. The molecule has 0 fully saturated rings. The van der Waals surface area contributed by atoms with E-state index in [2.05, 4.69) is 0 Å². The Hall–Kier alpha value is -2.38. The molecule has 0 saturated heterocycles. The molecule has 1 N–H and O–H groups in total. The maximum absolute atomic E-state index is 12.9. The van der Waals surface area contributed by atoms with E-state index in [1.165, 1.54) is 23.5 Å². The van der Waals surface area contributed by atoms with Gasteiger partial charge in [0.25, 0.3) is 0 Å². The maximum Gasteiger partial charge on any atom is 0.339 e. The van der Waals surface area contributed by atoms with Crippen molar-refractivity contribution in [1.29, 1.82) is 0 Å². The van der Waals surface area contributed by atoms with Gasteiger partial charge in [-0.25, -0.2) is 13.2 Å². The molecule has 0 atom stereocenters. The fraction of sp³-hybridized carbons (Fsp3) is 0.235. The summed E-state index contributed by atoms with van der Waals surface area (Å²) in [6.45, 7) is 0.653. The van der Waals surface area contributed by atoms with Gasteiger partial charge in [0.15, 0.2) is 0 Å². The van der Waals surface area contributed by atoms with Gasteiger partial charge in [-0.2, -0.15) is 4.31 Å². The van der Waals surface area contributed by atoms with Gasteiger partial charge < -0.3 is 9.84 Å². The first-order chi connectivity index (χ1) is 11.4. The number of carboxylic acids is 1. The maximum atomic E-state index is 12.9. The highest BCUT2D eigenvalue weighted by atomic mass is 32.2. The van der Waals surface area contributed by atoms with E-state index in [0.29, 0.717) is 13.0 Å². The Balaban J connectivity index is 1.97. The molecular weight excluding hydrogens is 330 g/mol. The minimum Gasteiger partial charge on any atom is -0.496 e. The molecule has 1 aliphatic heterocycles. The van der Waals surface area contributed by atoms with Gasteiger partial charge in [-0.15, -0.1) is 0 Å². The average Bonchev–Trinajstić information content (AvgIpc) is 2.60. The summed E-state index contributed by atoms with van der Waals surface area (Å²) in [5.41, 5.74) is 1.94. The fourth-order valence-electron chi connectivity index (χ4n) is 2.84. The second kappa shape index (κ2) is 6.26. The third-order valence-electron chi connectivity index (χ3n) is 4.13. The normalized spacial score (nSPS) is 14.9. The summed E-state index contributed by atoms with van der Waals surface area (Å²) < 4.78 is 32.1. The van der Waals surface area contributed by atoms with Crippen molar-refractivity contribution in [2.24, 2.45) is 0 Å². The average molecular weight is 347 g/mol. The fourth-order valence-corrected chi connectivity index (χ4v) is 4.28. The molecule has 0 bridgehead atoms. The summed E-state index contributed by atoms with van der Waals surface area (Å²) >= 11 is 0. The summed E-state index contributed by atoms with van der Waals surface area (Å²) in [6, 6.07) is 11.6. The SMILES string of the molecule is COc1ccc(S(=O)(=O)N2CCc3ccccc3C2)cc1C(=O)O. The Morgan fingerprint density at radius 1 is 1.17 bits per heavy atom. The second-order valence-electron chi connectivity index (χ2n) is 5.52. The molecule has 0 saturated carbocycles. The Labute approximate surface area is 140 Å². The minimum atomic E-state index is -3.77. The predicted octanol–water partition coefficient (Wildman–Crippen LogP) is 2.14. The topological polar surface area (TPSA) is 83.9 Å². The van der Waals surface area contributed by atoms with E-state index in [9.17, 15) is 18.3 Å². The van der Waals surface area contributed by atoms with Gasteiger partial charge >= 0.3 is 5.97 Å². The lowest BCUT2D eigenvalue weighted by Crippen LogP contribution is -2.36. The summed E-state index contributed by atoms with van der Waals surface area (Å²) in [5.74, 6) is -1.10. The van der Waals surface area contributed by atoms with Crippen molar-refractivity contribution >= 4 is 16.0 Å². The van der Waals surface area contributed by atoms with Crippen LogP contribution >= 0.6 is 0 Å². The van der Waals surface area contributed by atoms with Crippen molar-refractivity contribution in [2.45, 2.75) is 17.9 Å². The smallest absolute Gasteiger partial charge is 0.339 e. The molecule has 1 aliphatic rings. The van der Waals surface area contributed by atoms with E-state index in [0.717, 1.165) is 17.2 Å². The molecule has 0 aliphatic carbocycles. The van der Waals surface area contributed by atoms with Gasteiger partial charge in [-0.05, 0) is 35.7 Å². The summed E-state index contributed by atoms with van der Waals surface area (Å²) in [4.78, 5) is 11.3. The third-order valence-corrected chi connectivity index (χ3v) is 5.98. The molecule has 0 aromatic heterocycles. The molecule has 7 heteroatoms. The zero-order valence-corrected chi connectivity index (χ0v) is 13.9. The van der Waals surface area contributed by atoms with E-state index in [1.54, 1.807) is 0 Å². The van der Waals surface area contributed by atoms with Gasteiger partial charge in [-0.3, -0.25) is 0 Å². The van der Waals surface area contributed by atoms with Crippen molar-refractivity contribution in [3.63, 3.8) is 0 Å². The summed E-state index contributed by atoms with van der Waals surface area (Å²) in [6.07, 6.45) is 0.636. The minimum absolute atomic E-state index is 0.0416. The molecule has 2 aromatic rings. The van der Waals surface area contributed by atoms with Crippen molar-refractivity contribution in [3.8, 4) is 5.75 Å². The standard InChI is InChI=1S/C17H17NO5S/c1-23-16-7-6-14(10-15(16)17(19)20)24(21,22)18-9-8-12-4-2-3-5-13(12)11-18/h2-7,10H,8-9,11H2,1H3,(H,19,20). The number of hydrogen-bond acceptors (Lipinski definition) is 4. The molecule has 2 aromatic carbocycles. The van der Waals surface area contributed by atoms with Crippen LogP contribution in [0.15, 0.2) is 47.4 Å². The number of fused-ring (bicyclic) bond motifs is 1. The molecule has 6 nitrogen and oxygen atoms in total. The number of nitrogens with zero attached hydrogens (tertiary/aromatic N) is 1. The Bertz CT molecular complexity index is 892. The number of rotatable bonds is 4. The van der Waals surface area contributed by atoms with Crippen LogP contribution in [0.3, 0.4) is 0 Å². The van der Waals surface area contributed by atoms with E-state index in [4.69, 9.17) is 4.74 Å². The lowest BCUT2D eigenvalue weighted by atomic mass is 10.0. The van der Waals surface area contributed by atoms with Crippen molar-refractivity contribution in [2.75, 3.05) is 13.7 Å². The molecule has 126 valence electrons. The van der Waals surface area contributed by atoms with Gasteiger partial charge in [-0.1, -0.05) is 24.3 Å². The van der Waals surface area contributed by atoms with Crippen LogP contribution in [0.5, 0.6) is 5.75 Å². The molecule has 0 radical (unpaired) electrons.